The lowest BCUT2D eigenvalue weighted by molar-refractivity contribution is 0.0198. The number of piperidine rings is 2. The molecule has 2 aliphatic rings. The number of urea groups is 2. The highest BCUT2D eigenvalue weighted by Gasteiger charge is 2.28. The van der Waals surface area contributed by atoms with Crippen LogP contribution in [0, 0.1) is 0 Å². The lowest BCUT2D eigenvalue weighted by Gasteiger charge is -2.34. The number of nitrogens with one attached hydrogen (secondary N) is 5. The number of anilines is 2. The second-order valence-corrected chi connectivity index (χ2v) is 23.9. The molecule has 6 aromatic carbocycles. The molecular weight excluding hydrogens is 1050 g/mol. The van der Waals surface area contributed by atoms with Crippen molar-refractivity contribution >= 4 is 71.5 Å². The summed E-state index contributed by atoms with van der Waals surface area (Å²) in [5.74, 6) is 0.387. The minimum absolute atomic E-state index is 0.0916. The van der Waals surface area contributed by atoms with Gasteiger partial charge in [0.05, 0.1) is 20.4 Å². The summed E-state index contributed by atoms with van der Waals surface area (Å²) in [6, 6.07) is 58.6. The second-order valence-electron chi connectivity index (χ2n) is 21.8. The third kappa shape index (κ3) is 17.6. The van der Waals surface area contributed by atoms with Gasteiger partial charge < -0.3 is 35.4 Å². The zero-order chi connectivity index (χ0) is 56.2. The third-order valence-electron chi connectivity index (χ3n) is 14.9. The number of amides is 5. The first-order valence-corrected chi connectivity index (χ1v) is 30.3. The Hall–Kier alpha value is -7.21. The molecule has 5 N–H and O–H groups in total. The zero-order valence-corrected chi connectivity index (χ0v) is 48.6. The molecule has 0 radical (unpaired) electrons. The molecule has 8 aromatic rings. The van der Waals surface area contributed by atoms with E-state index in [2.05, 4.69) is 146 Å². The minimum atomic E-state index is -0.498. The van der Waals surface area contributed by atoms with Crippen LogP contribution in [-0.2, 0) is 4.74 Å². The standard InChI is InChI=1S/C35H43N5O3S.C30H35N5OS/c1-35(2,3)43-34(42)40-22-18-28(19-23-40)36-21-25-39(33(41)38-32-37-30-16-10-11-17-31(30)44-32)24-20-29(26-12-6-4-7-13-26)27-14-8-5-9-15-27;36-30(34-29-33-27-13-7-8-14-28(27)37-29)35(22-20-32-25-15-18-31-19-16-25)21-17-26(23-9-3-1-4-10-23)24-11-5-2-6-12-24/h4-17,28-29,36H,18-25H2,1-3H3,(H,37,38,41);1-14,25-26,31-32H,15-22H2,(H,33,34,36). The molecule has 0 bridgehead atoms. The summed E-state index contributed by atoms with van der Waals surface area (Å²) < 4.78 is 7.66. The Morgan fingerprint density at radius 1 is 0.543 bits per heavy atom. The Morgan fingerprint density at radius 2 is 0.914 bits per heavy atom. The lowest BCUT2D eigenvalue weighted by Crippen LogP contribution is -2.48. The van der Waals surface area contributed by atoms with E-state index in [0.29, 0.717) is 62.1 Å². The number of carbonyl (C=O) groups is 3. The average molecular weight is 1130 g/mol. The summed E-state index contributed by atoms with van der Waals surface area (Å²) in [6.45, 7) is 13.0. The van der Waals surface area contributed by atoms with E-state index in [1.807, 2.05) is 91.2 Å². The van der Waals surface area contributed by atoms with Gasteiger partial charge in [-0.3, -0.25) is 10.6 Å². The molecule has 2 aliphatic heterocycles. The van der Waals surface area contributed by atoms with E-state index in [0.717, 1.165) is 78.6 Å². The van der Waals surface area contributed by atoms with Crippen molar-refractivity contribution in [3.05, 3.63) is 192 Å². The van der Waals surface area contributed by atoms with Gasteiger partial charge in [-0.2, -0.15) is 0 Å². The van der Waals surface area contributed by atoms with E-state index >= 15 is 0 Å². The fourth-order valence-corrected chi connectivity index (χ4v) is 12.3. The number of para-hydroxylation sites is 2. The highest BCUT2D eigenvalue weighted by molar-refractivity contribution is 7.22. The number of benzene rings is 6. The van der Waals surface area contributed by atoms with E-state index in [1.165, 1.54) is 44.9 Å². The van der Waals surface area contributed by atoms with Crippen LogP contribution < -0.4 is 26.6 Å². The molecule has 14 nitrogen and oxygen atoms in total. The van der Waals surface area contributed by atoms with Gasteiger partial charge in [-0.05, 0) is 119 Å². The molecule has 0 saturated carbocycles. The molecule has 0 aliphatic carbocycles. The maximum atomic E-state index is 13.7. The highest BCUT2D eigenvalue weighted by Crippen LogP contribution is 2.32. The predicted octanol–water partition coefficient (Wildman–Crippen LogP) is 13.0. The van der Waals surface area contributed by atoms with Crippen molar-refractivity contribution in [3.8, 4) is 0 Å². The summed E-state index contributed by atoms with van der Waals surface area (Å²) in [5, 5.41) is 18.1. The second kappa shape index (κ2) is 29.5. The molecule has 16 heteroatoms. The van der Waals surface area contributed by atoms with Gasteiger partial charge in [0.25, 0.3) is 0 Å². The van der Waals surface area contributed by atoms with Crippen LogP contribution in [0.3, 0.4) is 0 Å². The number of fused-ring (bicyclic) bond motifs is 2. The van der Waals surface area contributed by atoms with Crippen molar-refractivity contribution in [2.24, 2.45) is 0 Å². The number of thiazole rings is 2. The number of ether oxygens (including phenoxy) is 1. The summed E-state index contributed by atoms with van der Waals surface area (Å²) in [6.07, 6.45) is 5.33. The summed E-state index contributed by atoms with van der Waals surface area (Å²) in [7, 11) is 0. The van der Waals surface area contributed by atoms with Gasteiger partial charge in [0.2, 0.25) is 0 Å². The maximum absolute atomic E-state index is 13.7. The van der Waals surface area contributed by atoms with Crippen LogP contribution in [0.2, 0.25) is 0 Å². The topological polar surface area (TPSA) is 156 Å². The molecule has 2 aromatic heterocycles. The van der Waals surface area contributed by atoms with E-state index in [9.17, 15) is 14.4 Å². The van der Waals surface area contributed by atoms with Gasteiger partial charge in [-0.25, -0.2) is 24.4 Å². The highest BCUT2D eigenvalue weighted by atomic mass is 32.1. The fourth-order valence-electron chi connectivity index (χ4n) is 10.6. The van der Waals surface area contributed by atoms with Crippen molar-refractivity contribution in [3.63, 3.8) is 0 Å². The van der Waals surface area contributed by atoms with Crippen LogP contribution in [0.4, 0.5) is 24.6 Å². The van der Waals surface area contributed by atoms with Crippen LogP contribution in [-0.4, -0.2) is 126 Å². The SMILES string of the molecule is CC(C)(C)OC(=O)N1CCC(NCCN(CCC(c2ccccc2)c2ccccc2)C(=O)Nc2nc3ccccc3s2)CC1.O=C(Nc1nc2ccccc2s1)N(CCNC1CCNCC1)CCC(c1ccccc1)c1ccccc1. The van der Waals surface area contributed by atoms with Gasteiger partial charge >= 0.3 is 18.2 Å². The number of rotatable bonds is 20. The Kier molecular flexibility index (Phi) is 21.3. The summed E-state index contributed by atoms with van der Waals surface area (Å²) in [5.41, 5.74) is 6.31. The molecule has 5 amide bonds. The van der Waals surface area contributed by atoms with Gasteiger partial charge in [0, 0.05) is 76.3 Å². The van der Waals surface area contributed by atoms with Crippen LogP contribution in [0.25, 0.3) is 20.4 Å². The first kappa shape index (κ1) is 58.4. The zero-order valence-electron chi connectivity index (χ0n) is 47.0. The smallest absolute Gasteiger partial charge is 0.410 e. The third-order valence-corrected chi connectivity index (χ3v) is 16.8. The van der Waals surface area contributed by atoms with E-state index in [-0.39, 0.29) is 36.0 Å². The van der Waals surface area contributed by atoms with E-state index in [1.54, 1.807) is 4.90 Å². The molecule has 81 heavy (non-hydrogen) atoms. The maximum Gasteiger partial charge on any atom is 0.410 e. The molecular formula is C65H78N10O4S2. The summed E-state index contributed by atoms with van der Waals surface area (Å²) >= 11 is 3.00. The lowest BCUT2D eigenvalue weighted by atomic mass is 9.88. The molecule has 10 rings (SSSR count). The molecule has 424 valence electrons. The quantitative estimate of drug-likeness (QED) is 0.0501. The Balaban J connectivity index is 0.000000198. The van der Waals surface area contributed by atoms with Crippen molar-refractivity contribution in [2.75, 3.05) is 76.1 Å². The molecule has 2 saturated heterocycles. The average Bonchev–Trinajstić information content (AvgIpc) is 4.17. The number of aromatic nitrogens is 2. The van der Waals surface area contributed by atoms with Gasteiger partial charge in [-0.15, -0.1) is 0 Å². The molecule has 2 fully saturated rings. The number of nitrogens with zero attached hydrogens (tertiary/aromatic N) is 5. The van der Waals surface area contributed by atoms with E-state index < -0.39 is 5.60 Å². The fraction of sp³-hybridized carbons (Fsp3) is 0.369. The number of likely N-dealkylation sites (tertiary alicyclic amines) is 1. The molecule has 4 heterocycles. The minimum Gasteiger partial charge on any atom is -0.444 e. The monoisotopic (exact) mass is 1130 g/mol. The van der Waals surface area contributed by atoms with Gasteiger partial charge in [-0.1, -0.05) is 168 Å². The van der Waals surface area contributed by atoms with Crippen molar-refractivity contribution in [1.82, 2.24) is 40.6 Å². The van der Waals surface area contributed by atoms with Crippen LogP contribution >= 0.6 is 22.7 Å². The van der Waals surface area contributed by atoms with E-state index in [4.69, 9.17) is 4.74 Å². The molecule has 0 atom stereocenters. The Bertz CT molecular complexity index is 3040. The van der Waals surface area contributed by atoms with Crippen LogP contribution in [0.1, 0.15) is 93.4 Å². The molecule has 0 unspecified atom stereocenters. The first-order chi connectivity index (χ1) is 39.5. The van der Waals surface area contributed by atoms with Crippen molar-refractivity contribution < 1.29 is 19.1 Å². The number of carbonyl (C=O) groups excluding carboxylic acids is 3. The van der Waals surface area contributed by atoms with Gasteiger partial charge in [0.1, 0.15) is 5.60 Å². The first-order valence-electron chi connectivity index (χ1n) is 28.7. The Morgan fingerprint density at radius 3 is 1.30 bits per heavy atom. The Labute approximate surface area is 485 Å². The summed E-state index contributed by atoms with van der Waals surface area (Å²) in [4.78, 5) is 54.5. The molecule has 0 spiro atoms. The largest absolute Gasteiger partial charge is 0.444 e. The number of hydrogen-bond donors (Lipinski definition) is 5. The van der Waals surface area contributed by atoms with Crippen LogP contribution in [0.5, 0.6) is 0 Å². The van der Waals surface area contributed by atoms with Crippen molar-refractivity contribution in [1.29, 1.82) is 0 Å². The predicted molar refractivity (Wildman–Crippen MR) is 332 cm³/mol. The number of hydrogen-bond acceptors (Lipinski definition) is 11. The van der Waals surface area contributed by atoms with Gasteiger partial charge in [0.15, 0.2) is 10.3 Å². The normalized spacial score (nSPS) is 14.2. The van der Waals surface area contributed by atoms with Crippen LogP contribution in [0.15, 0.2) is 170 Å². The van der Waals surface area contributed by atoms with Crippen molar-refractivity contribution in [2.45, 2.75) is 88.8 Å².